The molecule has 1 aliphatic carbocycles. The summed E-state index contributed by atoms with van der Waals surface area (Å²) in [5.41, 5.74) is 5.01. The maximum atomic E-state index is 14.2. The minimum atomic E-state index is -0.856. The summed E-state index contributed by atoms with van der Waals surface area (Å²) in [6, 6.07) is 27.2. The molecule has 0 N–H and O–H groups in total. The van der Waals surface area contributed by atoms with E-state index in [9.17, 15) is 14.4 Å². The highest BCUT2D eigenvalue weighted by Gasteiger charge is 2.60. The van der Waals surface area contributed by atoms with E-state index in [-0.39, 0.29) is 17.7 Å². The average molecular weight is 500 g/mol. The van der Waals surface area contributed by atoms with Gasteiger partial charge in [-0.2, -0.15) is 0 Å². The molecule has 4 atom stereocenters. The summed E-state index contributed by atoms with van der Waals surface area (Å²) in [4.78, 5) is 43.2. The lowest BCUT2D eigenvalue weighted by molar-refractivity contribution is -0.142. The number of aryl methyl sites for hydroxylation is 2. The predicted octanol–water partition coefficient (Wildman–Crippen LogP) is 5.98. The first kappa shape index (κ1) is 22.7. The van der Waals surface area contributed by atoms with Crippen LogP contribution in [0.25, 0.3) is 16.3 Å². The quantitative estimate of drug-likeness (QED) is 0.193. The highest BCUT2D eigenvalue weighted by atomic mass is 16.5. The van der Waals surface area contributed by atoms with Crippen LogP contribution in [0.5, 0.6) is 5.75 Å². The first-order chi connectivity index (χ1) is 18.4. The fourth-order valence-electron chi connectivity index (χ4n) is 6.63. The lowest BCUT2D eigenvalue weighted by Gasteiger charge is -2.38. The van der Waals surface area contributed by atoms with Crippen molar-refractivity contribution < 1.29 is 19.1 Å². The Morgan fingerprint density at radius 1 is 0.763 bits per heavy atom. The Morgan fingerprint density at radius 2 is 1.50 bits per heavy atom. The van der Waals surface area contributed by atoms with E-state index in [1.54, 1.807) is 0 Å². The number of esters is 1. The third kappa shape index (κ3) is 3.14. The van der Waals surface area contributed by atoms with Crippen molar-refractivity contribution in [2.45, 2.75) is 19.8 Å². The van der Waals surface area contributed by atoms with Crippen LogP contribution in [0.2, 0.25) is 0 Å². The molecule has 0 bridgehead atoms. The summed E-state index contributed by atoms with van der Waals surface area (Å²) in [5.74, 6) is -3.38. The van der Waals surface area contributed by atoms with Crippen molar-refractivity contribution in [1.82, 2.24) is 0 Å². The first-order valence-corrected chi connectivity index (χ1v) is 12.9. The van der Waals surface area contributed by atoms with Gasteiger partial charge < -0.3 is 4.74 Å². The Balaban J connectivity index is 1.47. The van der Waals surface area contributed by atoms with Gasteiger partial charge in [-0.25, -0.2) is 4.90 Å². The Bertz CT molecular complexity index is 1700. The maximum absolute atomic E-state index is 14.2. The second-order valence-corrected chi connectivity index (χ2v) is 10.5. The van der Waals surface area contributed by atoms with Gasteiger partial charge in [0.1, 0.15) is 5.75 Å². The van der Waals surface area contributed by atoms with Crippen LogP contribution < -0.4 is 9.64 Å². The third-order valence-electron chi connectivity index (χ3n) is 8.26. The predicted molar refractivity (Wildman–Crippen MR) is 146 cm³/mol. The van der Waals surface area contributed by atoms with E-state index in [0.29, 0.717) is 11.4 Å². The number of anilines is 1. The number of ether oxygens (including phenoxy) is 1. The van der Waals surface area contributed by atoms with E-state index >= 15 is 0 Å². The molecular weight excluding hydrogens is 474 g/mol. The SMILES string of the molecule is Cc1ccc(N2C(=O)[C@@H]3[C@@H]4C(=O)Oc5ccc6ccccc6c5C4=C[C@H](c4ccccc4)[C@@H]3C2=O)c(C)c1. The molecule has 5 nitrogen and oxygen atoms in total. The van der Waals surface area contributed by atoms with Crippen LogP contribution in [0.15, 0.2) is 91.0 Å². The molecule has 0 radical (unpaired) electrons. The van der Waals surface area contributed by atoms with Crippen molar-refractivity contribution in [2.75, 3.05) is 4.90 Å². The van der Waals surface area contributed by atoms with Crippen molar-refractivity contribution in [2.24, 2.45) is 17.8 Å². The molecule has 2 amide bonds. The molecule has 2 aliphatic heterocycles. The van der Waals surface area contributed by atoms with Crippen LogP contribution >= 0.6 is 0 Å². The molecule has 1 fully saturated rings. The number of rotatable bonds is 2. The van der Waals surface area contributed by atoms with Gasteiger partial charge in [0.2, 0.25) is 11.8 Å². The summed E-state index contributed by atoms with van der Waals surface area (Å²) < 4.78 is 5.86. The second-order valence-electron chi connectivity index (χ2n) is 10.5. The van der Waals surface area contributed by atoms with Crippen LogP contribution in [0.3, 0.4) is 0 Å². The molecule has 0 unspecified atom stereocenters. The van der Waals surface area contributed by atoms with Crippen molar-refractivity contribution in [1.29, 1.82) is 0 Å². The molecule has 38 heavy (non-hydrogen) atoms. The standard InChI is InChI=1S/C33H25NO4/c1-18-12-14-25(19(2)16-18)34-31(35)28-23(20-8-4-3-5-9-20)17-24-27-22-11-7-6-10-21(22)13-15-26(27)38-33(37)29(24)30(28)32(34)36/h3-17,23,28-30H,1-2H3/t23-,28+,29-,30+/m1/s1. The van der Waals surface area contributed by atoms with Gasteiger partial charge in [-0.1, -0.05) is 84.4 Å². The zero-order valence-electron chi connectivity index (χ0n) is 21.0. The number of amides is 2. The van der Waals surface area contributed by atoms with E-state index < -0.39 is 23.7 Å². The van der Waals surface area contributed by atoms with Gasteiger partial charge in [-0.3, -0.25) is 14.4 Å². The zero-order chi connectivity index (χ0) is 26.1. The average Bonchev–Trinajstić information content (AvgIpc) is 3.18. The Kier molecular flexibility index (Phi) is 4.92. The molecule has 5 heteroatoms. The van der Waals surface area contributed by atoms with E-state index in [2.05, 4.69) is 0 Å². The zero-order valence-corrected chi connectivity index (χ0v) is 21.0. The number of fused-ring (bicyclic) bond motifs is 7. The molecule has 7 rings (SSSR count). The molecule has 3 aliphatic rings. The van der Waals surface area contributed by atoms with Crippen molar-refractivity contribution in [3.8, 4) is 5.75 Å². The number of hydrogen-bond acceptors (Lipinski definition) is 4. The number of nitrogens with zero attached hydrogens (tertiary/aromatic N) is 1. The van der Waals surface area contributed by atoms with Gasteiger partial charge in [0, 0.05) is 11.5 Å². The Morgan fingerprint density at radius 3 is 2.29 bits per heavy atom. The number of hydrogen-bond donors (Lipinski definition) is 0. The van der Waals surface area contributed by atoms with E-state index in [4.69, 9.17) is 4.74 Å². The molecule has 2 heterocycles. The lowest BCUT2D eigenvalue weighted by atomic mass is 9.64. The van der Waals surface area contributed by atoms with E-state index in [0.717, 1.165) is 38.6 Å². The third-order valence-corrected chi connectivity index (χ3v) is 8.26. The van der Waals surface area contributed by atoms with Crippen molar-refractivity contribution >= 4 is 39.8 Å². The fourth-order valence-corrected chi connectivity index (χ4v) is 6.63. The largest absolute Gasteiger partial charge is 0.425 e. The fraction of sp³-hybridized carbons (Fsp3) is 0.182. The summed E-state index contributed by atoms with van der Waals surface area (Å²) in [7, 11) is 0. The highest BCUT2D eigenvalue weighted by molar-refractivity contribution is 6.25. The molecule has 0 aromatic heterocycles. The van der Waals surface area contributed by atoms with E-state index in [1.165, 1.54) is 4.90 Å². The van der Waals surface area contributed by atoms with Gasteiger partial charge in [-0.15, -0.1) is 0 Å². The second kappa shape index (κ2) is 8.25. The first-order valence-electron chi connectivity index (χ1n) is 12.9. The van der Waals surface area contributed by atoms with Crippen LogP contribution in [-0.2, 0) is 14.4 Å². The van der Waals surface area contributed by atoms with Gasteiger partial charge in [0.25, 0.3) is 0 Å². The number of carbonyl (C=O) groups is 3. The molecule has 0 saturated carbocycles. The van der Waals surface area contributed by atoms with Crippen LogP contribution in [-0.4, -0.2) is 17.8 Å². The lowest BCUT2D eigenvalue weighted by Crippen LogP contribution is -2.42. The Hall–Kier alpha value is -4.51. The number of benzene rings is 4. The van der Waals surface area contributed by atoms with Crippen LogP contribution in [0.1, 0.15) is 28.2 Å². The minimum absolute atomic E-state index is 0.271. The number of carbonyl (C=O) groups excluding carboxylic acids is 3. The van der Waals surface area contributed by atoms with Gasteiger partial charge in [0.15, 0.2) is 0 Å². The monoisotopic (exact) mass is 499 g/mol. The van der Waals surface area contributed by atoms with E-state index in [1.807, 2.05) is 105 Å². The molecule has 1 saturated heterocycles. The minimum Gasteiger partial charge on any atom is -0.425 e. The summed E-state index contributed by atoms with van der Waals surface area (Å²) in [5, 5.41) is 1.98. The summed E-state index contributed by atoms with van der Waals surface area (Å²) >= 11 is 0. The number of imide groups is 1. The molecular formula is C33H25NO4. The number of allylic oxidation sites excluding steroid dienone is 1. The van der Waals surface area contributed by atoms with Gasteiger partial charge in [0.05, 0.1) is 23.4 Å². The highest BCUT2D eigenvalue weighted by Crippen LogP contribution is 2.55. The molecule has 4 aromatic carbocycles. The van der Waals surface area contributed by atoms with Crippen molar-refractivity contribution in [3.63, 3.8) is 0 Å². The van der Waals surface area contributed by atoms with Crippen LogP contribution in [0.4, 0.5) is 5.69 Å². The molecule has 0 spiro atoms. The van der Waals surface area contributed by atoms with Crippen LogP contribution in [0, 0.1) is 31.6 Å². The summed E-state index contributed by atoms with van der Waals surface area (Å²) in [6.07, 6.45) is 2.05. The maximum Gasteiger partial charge on any atom is 0.319 e. The summed E-state index contributed by atoms with van der Waals surface area (Å²) in [6.45, 7) is 3.88. The molecule has 4 aromatic rings. The molecule has 186 valence electrons. The van der Waals surface area contributed by atoms with Gasteiger partial charge in [-0.05, 0) is 53.5 Å². The smallest absolute Gasteiger partial charge is 0.319 e. The van der Waals surface area contributed by atoms with Gasteiger partial charge >= 0.3 is 5.97 Å². The normalized spacial score (nSPS) is 24.0. The Labute approximate surface area is 220 Å². The van der Waals surface area contributed by atoms with Crippen molar-refractivity contribution in [3.05, 3.63) is 113 Å². The topological polar surface area (TPSA) is 63.7 Å².